The van der Waals surface area contributed by atoms with Gasteiger partial charge in [0, 0.05) is 10.6 Å². The number of para-hydroxylation sites is 1. The summed E-state index contributed by atoms with van der Waals surface area (Å²) in [6.45, 7) is 0. The molecule has 0 aliphatic rings. The summed E-state index contributed by atoms with van der Waals surface area (Å²) in [5.74, 6) is 0.275. The Bertz CT molecular complexity index is 687. The predicted molar refractivity (Wildman–Crippen MR) is 94.5 cm³/mol. The van der Waals surface area contributed by atoms with Gasteiger partial charge in [0.2, 0.25) is 5.91 Å². The van der Waals surface area contributed by atoms with E-state index in [1.54, 1.807) is 11.8 Å². The molecule has 128 valence electrons. The Hall–Kier alpha value is -1.60. The standard InChI is InChI=1S/C17H16F3NOS2/c1-23-13-8-6-12(7-9-13)10-24-11-16(22)21-15-5-3-2-4-14(15)17(18,19)20/h2-9H,10-11H2,1H3,(H,21,22). The molecule has 0 aliphatic heterocycles. The van der Waals surface area contributed by atoms with E-state index in [1.807, 2.05) is 30.5 Å². The molecule has 2 nitrogen and oxygen atoms in total. The lowest BCUT2D eigenvalue weighted by atomic mass is 10.1. The smallest absolute Gasteiger partial charge is 0.325 e. The molecular formula is C17H16F3NOS2. The SMILES string of the molecule is CSc1ccc(CSCC(=O)Nc2ccccc2C(F)(F)F)cc1. The van der Waals surface area contributed by atoms with Crippen molar-refractivity contribution in [2.75, 3.05) is 17.3 Å². The van der Waals surface area contributed by atoms with E-state index in [9.17, 15) is 18.0 Å². The van der Waals surface area contributed by atoms with Gasteiger partial charge in [-0.15, -0.1) is 23.5 Å². The summed E-state index contributed by atoms with van der Waals surface area (Å²) < 4.78 is 38.6. The summed E-state index contributed by atoms with van der Waals surface area (Å²) in [7, 11) is 0. The van der Waals surface area contributed by atoms with Crippen molar-refractivity contribution in [3.8, 4) is 0 Å². The number of benzene rings is 2. The fraction of sp³-hybridized carbons (Fsp3) is 0.235. The highest BCUT2D eigenvalue weighted by atomic mass is 32.2. The lowest BCUT2D eigenvalue weighted by Gasteiger charge is -2.13. The van der Waals surface area contributed by atoms with Gasteiger partial charge in [-0.05, 0) is 36.1 Å². The van der Waals surface area contributed by atoms with E-state index in [0.717, 1.165) is 16.5 Å². The molecule has 2 rings (SSSR count). The Balaban J connectivity index is 1.87. The van der Waals surface area contributed by atoms with Gasteiger partial charge in [0.15, 0.2) is 0 Å². The number of hydrogen-bond donors (Lipinski definition) is 1. The summed E-state index contributed by atoms with van der Waals surface area (Å²) in [5.41, 5.74) is 0.0252. The molecule has 2 aromatic carbocycles. The van der Waals surface area contributed by atoms with Crippen molar-refractivity contribution in [2.45, 2.75) is 16.8 Å². The Morgan fingerprint density at radius 2 is 1.75 bits per heavy atom. The molecular weight excluding hydrogens is 355 g/mol. The maximum atomic E-state index is 12.9. The third-order valence-electron chi connectivity index (χ3n) is 3.17. The van der Waals surface area contributed by atoms with E-state index >= 15 is 0 Å². The Morgan fingerprint density at radius 1 is 1.08 bits per heavy atom. The maximum absolute atomic E-state index is 12.9. The quantitative estimate of drug-likeness (QED) is 0.699. The molecule has 0 atom stereocenters. The summed E-state index contributed by atoms with van der Waals surface area (Å²) in [5, 5.41) is 2.34. The van der Waals surface area contributed by atoms with Gasteiger partial charge < -0.3 is 5.32 Å². The molecule has 0 fully saturated rings. The van der Waals surface area contributed by atoms with E-state index in [-0.39, 0.29) is 11.4 Å². The van der Waals surface area contributed by atoms with Crippen LogP contribution in [0.5, 0.6) is 0 Å². The normalized spacial score (nSPS) is 11.3. The van der Waals surface area contributed by atoms with Crippen LogP contribution in [0, 0.1) is 0 Å². The first-order valence-electron chi connectivity index (χ1n) is 7.07. The first kappa shape index (κ1) is 18.7. The van der Waals surface area contributed by atoms with Crippen LogP contribution in [0.15, 0.2) is 53.4 Å². The average molecular weight is 371 g/mol. The van der Waals surface area contributed by atoms with Gasteiger partial charge in [0.05, 0.1) is 17.0 Å². The van der Waals surface area contributed by atoms with Crippen molar-refractivity contribution in [1.29, 1.82) is 0 Å². The molecule has 0 heterocycles. The van der Waals surface area contributed by atoms with E-state index in [0.29, 0.717) is 5.75 Å². The van der Waals surface area contributed by atoms with Crippen LogP contribution in [0.3, 0.4) is 0 Å². The number of alkyl halides is 3. The largest absolute Gasteiger partial charge is 0.418 e. The zero-order valence-electron chi connectivity index (χ0n) is 12.9. The van der Waals surface area contributed by atoms with Gasteiger partial charge >= 0.3 is 6.18 Å². The van der Waals surface area contributed by atoms with Crippen LogP contribution in [0.25, 0.3) is 0 Å². The summed E-state index contributed by atoms with van der Waals surface area (Å²) >= 11 is 3.01. The third kappa shape index (κ3) is 5.49. The molecule has 0 saturated carbocycles. The van der Waals surface area contributed by atoms with Crippen molar-refractivity contribution >= 4 is 35.1 Å². The minimum absolute atomic E-state index is 0.0937. The summed E-state index contributed by atoms with van der Waals surface area (Å²) in [6.07, 6.45) is -2.50. The van der Waals surface area contributed by atoms with Crippen molar-refractivity contribution in [2.24, 2.45) is 0 Å². The van der Waals surface area contributed by atoms with Crippen LogP contribution >= 0.6 is 23.5 Å². The van der Waals surface area contributed by atoms with E-state index in [2.05, 4.69) is 5.32 Å². The number of halogens is 3. The highest BCUT2D eigenvalue weighted by molar-refractivity contribution is 7.99. The number of carbonyl (C=O) groups is 1. The zero-order valence-corrected chi connectivity index (χ0v) is 14.5. The molecule has 0 bridgehead atoms. The van der Waals surface area contributed by atoms with Crippen LogP contribution < -0.4 is 5.32 Å². The molecule has 1 N–H and O–H groups in total. The van der Waals surface area contributed by atoms with Gasteiger partial charge in [0.1, 0.15) is 0 Å². The monoisotopic (exact) mass is 371 g/mol. The van der Waals surface area contributed by atoms with Gasteiger partial charge in [-0.3, -0.25) is 4.79 Å². The van der Waals surface area contributed by atoms with Crippen LogP contribution in [0.4, 0.5) is 18.9 Å². The van der Waals surface area contributed by atoms with Crippen LogP contribution in [-0.4, -0.2) is 17.9 Å². The van der Waals surface area contributed by atoms with E-state index in [4.69, 9.17) is 0 Å². The van der Waals surface area contributed by atoms with Crippen molar-refractivity contribution in [3.63, 3.8) is 0 Å². The molecule has 0 radical (unpaired) electrons. The number of anilines is 1. The van der Waals surface area contributed by atoms with Crippen molar-refractivity contribution in [3.05, 3.63) is 59.7 Å². The Labute approximate surface area is 147 Å². The first-order valence-corrected chi connectivity index (χ1v) is 9.45. The van der Waals surface area contributed by atoms with Gasteiger partial charge in [-0.1, -0.05) is 24.3 Å². The Kier molecular flexibility index (Phi) is 6.62. The first-order chi connectivity index (χ1) is 11.4. The fourth-order valence-corrected chi connectivity index (χ4v) is 3.20. The minimum Gasteiger partial charge on any atom is -0.325 e. The fourth-order valence-electron chi connectivity index (χ4n) is 2.01. The number of hydrogen-bond acceptors (Lipinski definition) is 3. The molecule has 0 aliphatic carbocycles. The van der Waals surface area contributed by atoms with E-state index in [1.165, 1.54) is 30.0 Å². The molecule has 24 heavy (non-hydrogen) atoms. The zero-order chi connectivity index (χ0) is 17.6. The second-order valence-corrected chi connectivity index (χ2v) is 6.80. The minimum atomic E-state index is -4.49. The summed E-state index contributed by atoms with van der Waals surface area (Å²) in [6, 6.07) is 12.9. The predicted octanol–water partition coefficient (Wildman–Crippen LogP) is 5.30. The lowest BCUT2D eigenvalue weighted by molar-refractivity contribution is -0.137. The Morgan fingerprint density at radius 3 is 2.38 bits per heavy atom. The maximum Gasteiger partial charge on any atom is 0.418 e. The molecule has 1 amide bonds. The number of nitrogens with one attached hydrogen (secondary N) is 1. The molecule has 0 saturated heterocycles. The average Bonchev–Trinajstić information content (AvgIpc) is 2.55. The molecule has 0 unspecified atom stereocenters. The number of carbonyl (C=O) groups excluding carboxylic acids is 1. The van der Waals surface area contributed by atoms with Crippen molar-refractivity contribution in [1.82, 2.24) is 0 Å². The number of amides is 1. The molecule has 2 aromatic rings. The van der Waals surface area contributed by atoms with Crippen molar-refractivity contribution < 1.29 is 18.0 Å². The number of rotatable bonds is 6. The lowest BCUT2D eigenvalue weighted by Crippen LogP contribution is -2.18. The van der Waals surface area contributed by atoms with Gasteiger partial charge in [0.25, 0.3) is 0 Å². The van der Waals surface area contributed by atoms with Crippen LogP contribution in [0.2, 0.25) is 0 Å². The highest BCUT2D eigenvalue weighted by Crippen LogP contribution is 2.34. The van der Waals surface area contributed by atoms with Gasteiger partial charge in [-0.2, -0.15) is 13.2 Å². The van der Waals surface area contributed by atoms with E-state index < -0.39 is 17.6 Å². The molecule has 7 heteroatoms. The van der Waals surface area contributed by atoms with Crippen LogP contribution in [0.1, 0.15) is 11.1 Å². The molecule has 0 aromatic heterocycles. The summed E-state index contributed by atoms with van der Waals surface area (Å²) in [4.78, 5) is 13.0. The third-order valence-corrected chi connectivity index (χ3v) is 4.91. The topological polar surface area (TPSA) is 29.1 Å². The molecule has 0 spiro atoms. The van der Waals surface area contributed by atoms with Gasteiger partial charge in [-0.25, -0.2) is 0 Å². The highest BCUT2D eigenvalue weighted by Gasteiger charge is 2.33. The number of thioether (sulfide) groups is 2. The second-order valence-electron chi connectivity index (χ2n) is 4.93. The second kappa shape index (κ2) is 8.48. The van der Waals surface area contributed by atoms with Crippen LogP contribution in [-0.2, 0) is 16.7 Å².